The van der Waals surface area contributed by atoms with Crippen molar-refractivity contribution in [2.75, 3.05) is 24.3 Å². The Morgan fingerprint density at radius 3 is 2.57 bits per heavy atom. The molecule has 0 spiro atoms. The molecule has 0 radical (unpaired) electrons. The van der Waals surface area contributed by atoms with Gasteiger partial charge >= 0.3 is 5.97 Å². The molecule has 0 fully saturated rings. The number of ether oxygens (including phenoxy) is 1. The molecule has 0 saturated carbocycles. The number of aryl methyl sites for hydroxylation is 2. The highest BCUT2D eigenvalue weighted by molar-refractivity contribution is 5.95. The molecule has 2 aromatic rings. The van der Waals surface area contributed by atoms with Gasteiger partial charge in [0.1, 0.15) is 0 Å². The maximum atomic E-state index is 12.0. The largest absolute Gasteiger partial charge is 0.465 e. The minimum Gasteiger partial charge on any atom is -0.465 e. The van der Waals surface area contributed by atoms with E-state index in [9.17, 15) is 9.59 Å². The fourth-order valence-electron chi connectivity index (χ4n) is 2.20. The normalized spacial score (nSPS) is 10.0. The molecule has 120 valence electrons. The highest BCUT2D eigenvalue weighted by atomic mass is 16.5. The number of amides is 1. The second-order valence-corrected chi connectivity index (χ2v) is 5.29. The van der Waals surface area contributed by atoms with Crippen molar-refractivity contribution < 1.29 is 14.3 Å². The number of rotatable bonds is 5. The van der Waals surface area contributed by atoms with Gasteiger partial charge in [0.25, 0.3) is 0 Å². The van der Waals surface area contributed by atoms with Crippen molar-refractivity contribution in [1.82, 2.24) is 0 Å². The fraction of sp³-hybridized carbons (Fsp3) is 0.222. The van der Waals surface area contributed by atoms with Crippen LogP contribution in [0.25, 0.3) is 0 Å². The number of hydrogen-bond acceptors (Lipinski definition) is 4. The number of anilines is 2. The van der Waals surface area contributed by atoms with Crippen LogP contribution in [0.1, 0.15) is 21.5 Å². The number of carbonyl (C=O) groups is 2. The summed E-state index contributed by atoms with van der Waals surface area (Å²) in [4.78, 5) is 23.5. The molecule has 0 atom stereocenters. The minimum absolute atomic E-state index is 0.109. The molecule has 2 aromatic carbocycles. The van der Waals surface area contributed by atoms with Gasteiger partial charge in [0.15, 0.2) is 0 Å². The van der Waals surface area contributed by atoms with Gasteiger partial charge in [-0.3, -0.25) is 4.79 Å². The average Bonchev–Trinajstić information content (AvgIpc) is 2.55. The summed E-state index contributed by atoms with van der Waals surface area (Å²) in [5.74, 6) is -0.561. The number of hydrogen-bond donors (Lipinski definition) is 2. The Labute approximate surface area is 135 Å². The van der Waals surface area contributed by atoms with E-state index in [1.54, 1.807) is 24.3 Å². The lowest BCUT2D eigenvalue weighted by molar-refractivity contribution is -0.114. The lowest BCUT2D eigenvalue weighted by Gasteiger charge is -2.11. The summed E-state index contributed by atoms with van der Waals surface area (Å²) >= 11 is 0. The van der Waals surface area contributed by atoms with Crippen LogP contribution in [0.5, 0.6) is 0 Å². The van der Waals surface area contributed by atoms with Crippen molar-refractivity contribution in [3.8, 4) is 0 Å². The SMILES string of the molecule is COC(=O)c1cccc(NCC(=O)Nc2ccc(C)cc2C)c1. The quantitative estimate of drug-likeness (QED) is 0.832. The highest BCUT2D eigenvalue weighted by Gasteiger charge is 2.07. The Bertz CT molecular complexity index is 726. The lowest BCUT2D eigenvalue weighted by Crippen LogP contribution is -2.22. The predicted molar refractivity (Wildman–Crippen MR) is 90.8 cm³/mol. The molecule has 0 aromatic heterocycles. The van der Waals surface area contributed by atoms with Crippen LogP contribution in [0.4, 0.5) is 11.4 Å². The van der Waals surface area contributed by atoms with E-state index in [-0.39, 0.29) is 12.5 Å². The maximum absolute atomic E-state index is 12.0. The van der Waals surface area contributed by atoms with E-state index in [0.717, 1.165) is 16.8 Å². The van der Waals surface area contributed by atoms with E-state index in [1.165, 1.54) is 7.11 Å². The third-order valence-electron chi connectivity index (χ3n) is 3.39. The molecule has 0 saturated heterocycles. The van der Waals surface area contributed by atoms with E-state index in [1.807, 2.05) is 32.0 Å². The van der Waals surface area contributed by atoms with Crippen molar-refractivity contribution >= 4 is 23.3 Å². The summed E-state index contributed by atoms with van der Waals surface area (Å²) in [6, 6.07) is 12.7. The minimum atomic E-state index is -0.409. The maximum Gasteiger partial charge on any atom is 0.337 e. The summed E-state index contributed by atoms with van der Waals surface area (Å²) in [5.41, 5.74) is 4.09. The molecular formula is C18H20N2O3. The molecule has 2 rings (SSSR count). The van der Waals surface area contributed by atoms with Crippen molar-refractivity contribution in [2.45, 2.75) is 13.8 Å². The molecule has 0 unspecified atom stereocenters. The van der Waals surface area contributed by atoms with Gasteiger partial charge in [-0.1, -0.05) is 23.8 Å². The number of benzene rings is 2. The van der Waals surface area contributed by atoms with E-state index >= 15 is 0 Å². The van der Waals surface area contributed by atoms with Gasteiger partial charge in [-0.05, 0) is 43.7 Å². The predicted octanol–water partition coefficient (Wildman–Crippen LogP) is 3.14. The highest BCUT2D eigenvalue weighted by Crippen LogP contribution is 2.16. The molecule has 1 amide bonds. The molecule has 5 nitrogen and oxygen atoms in total. The topological polar surface area (TPSA) is 67.4 Å². The Kier molecular flexibility index (Phi) is 5.36. The van der Waals surface area contributed by atoms with Crippen LogP contribution in [0.3, 0.4) is 0 Å². The molecular weight excluding hydrogens is 292 g/mol. The second-order valence-electron chi connectivity index (χ2n) is 5.29. The Hall–Kier alpha value is -2.82. The Morgan fingerprint density at radius 2 is 1.87 bits per heavy atom. The molecule has 2 N–H and O–H groups in total. The summed E-state index contributed by atoms with van der Waals surface area (Å²) in [6.07, 6.45) is 0. The first-order chi connectivity index (χ1) is 11.0. The van der Waals surface area contributed by atoms with Gasteiger partial charge < -0.3 is 15.4 Å². The molecule has 5 heteroatoms. The zero-order valence-electron chi connectivity index (χ0n) is 13.5. The average molecular weight is 312 g/mol. The number of nitrogens with one attached hydrogen (secondary N) is 2. The molecule has 0 aliphatic carbocycles. The van der Waals surface area contributed by atoms with Crippen LogP contribution in [-0.2, 0) is 9.53 Å². The van der Waals surface area contributed by atoms with Crippen LogP contribution >= 0.6 is 0 Å². The zero-order valence-corrected chi connectivity index (χ0v) is 13.5. The summed E-state index contributed by atoms with van der Waals surface area (Å²) in [7, 11) is 1.33. The van der Waals surface area contributed by atoms with Crippen LogP contribution in [0, 0.1) is 13.8 Å². The first kappa shape index (κ1) is 16.5. The molecule has 0 aliphatic rings. The van der Waals surface area contributed by atoms with Crippen molar-refractivity contribution in [1.29, 1.82) is 0 Å². The van der Waals surface area contributed by atoms with Gasteiger partial charge in [0.2, 0.25) is 5.91 Å². The van der Waals surface area contributed by atoms with Gasteiger partial charge in [-0.25, -0.2) is 4.79 Å². The van der Waals surface area contributed by atoms with E-state index in [0.29, 0.717) is 11.3 Å². The van der Waals surface area contributed by atoms with Gasteiger partial charge in [0, 0.05) is 11.4 Å². The summed E-state index contributed by atoms with van der Waals surface area (Å²) in [5, 5.41) is 5.86. The van der Waals surface area contributed by atoms with Gasteiger partial charge in [0.05, 0.1) is 19.2 Å². The first-order valence-corrected chi connectivity index (χ1v) is 7.29. The Morgan fingerprint density at radius 1 is 1.09 bits per heavy atom. The van der Waals surface area contributed by atoms with Crippen LogP contribution in [-0.4, -0.2) is 25.5 Å². The van der Waals surface area contributed by atoms with Gasteiger partial charge in [-0.2, -0.15) is 0 Å². The lowest BCUT2D eigenvalue weighted by atomic mass is 10.1. The summed E-state index contributed by atoms with van der Waals surface area (Å²) < 4.78 is 4.67. The second kappa shape index (κ2) is 7.45. The number of methoxy groups -OCH3 is 1. The molecule has 0 aliphatic heterocycles. The number of esters is 1. The monoisotopic (exact) mass is 312 g/mol. The third kappa shape index (κ3) is 4.57. The van der Waals surface area contributed by atoms with E-state index in [4.69, 9.17) is 0 Å². The standard InChI is InChI=1S/C18H20N2O3/c1-12-7-8-16(13(2)9-12)20-17(21)11-19-15-6-4-5-14(10-15)18(22)23-3/h4-10,19H,11H2,1-3H3,(H,20,21). The molecule has 23 heavy (non-hydrogen) atoms. The first-order valence-electron chi connectivity index (χ1n) is 7.29. The summed E-state index contributed by atoms with van der Waals surface area (Å²) in [6.45, 7) is 4.07. The number of carbonyl (C=O) groups excluding carboxylic acids is 2. The zero-order chi connectivity index (χ0) is 16.8. The van der Waals surface area contributed by atoms with Gasteiger partial charge in [-0.15, -0.1) is 0 Å². The molecule has 0 heterocycles. The van der Waals surface area contributed by atoms with E-state index in [2.05, 4.69) is 15.4 Å². The van der Waals surface area contributed by atoms with Crippen molar-refractivity contribution in [2.24, 2.45) is 0 Å². The van der Waals surface area contributed by atoms with E-state index < -0.39 is 5.97 Å². The van der Waals surface area contributed by atoms with Crippen molar-refractivity contribution in [3.63, 3.8) is 0 Å². The third-order valence-corrected chi connectivity index (χ3v) is 3.39. The van der Waals surface area contributed by atoms with Crippen LogP contribution in [0.15, 0.2) is 42.5 Å². The van der Waals surface area contributed by atoms with Crippen LogP contribution < -0.4 is 10.6 Å². The Balaban J connectivity index is 1.95. The van der Waals surface area contributed by atoms with Crippen molar-refractivity contribution in [3.05, 3.63) is 59.2 Å². The van der Waals surface area contributed by atoms with Crippen LogP contribution in [0.2, 0.25) is 0 Å². The fourth-order valence-corrected chi connectivity index (χ4v) is 2.20. The molecule has 0 bridgehead atoms. The smallest absolute Gasteiger partial charge is 0.337 e.